The Morgan fingerprint density at radius 3 is 2.43 bits per heavy atom. The van der Waals surface area contributed by atoms with Crippen LogP contribution in [0.5, 0.6) is 0 Å². The van der Waals surface area contributed by atoms with E-state index in [1.807, 2.05) is 29.2 Å². The Morgan fingerprint density at radius 1 is 1.02 bits per heavy atom. The van der Waals surface area contributed by atoms with Gasteiger partial charge in [-0.25, -0.2) is 10.4 Å². The van der Waals surface area contributed by atoms with Crippen molar-refractivity contribution in [2.75, 3.05) is 50.7 Å². The number of alkyl halides is 6. The van der Waals surface area contributed by atoms with Crippen molar-refractivity contribution in [1.29, 1.82) is 0 Å². The van der Waals surface area contributed by atoms with E-state index in [0.29, 0.717) is 45.1 Å². The van der Waals surface area contributed by atoms with E-state index in [0.717, 1.165) is 23.4 Å². The molecule has 0 saturated carbocycles. The molecule has 3 aliphatic heterocycles. The Kier molecular flexibility index (Phi) is 8.62. The zero-order valence-electron chi connectivity index (χ0n) is 22.5. The second-order valence-corrected chi connectivity index (χ2v) is 10.6. The van der Waals surface area contributed by atoms with Gasteiger partial charge in [-0.2, -0.15) is 26.3 Å². The molecule has 3 atom stereocenters. The Hall–Kier alpha value is -3.43. The van der Waals surface area contributed by atoms with Crippen LogP contribution in [0, 0.1) is 5.92 Å². The summed E-state index contributed by atoms with van der Waals surface area (Å²) in [5.41, 5.74) is 5.65. The van der Waals surface area contributed by atoms with E-state index >= 15 is 0 Å². The predicted octanol–water partition coefficient (Wildman–Crippen LogP) is 2.47. The van der Waals surface area contributed by atoms with Gasteiger partial charge in [0.2, 0.25) is 11.8 Å². The highest BCUT2D eigenvalue weighted by Gasteiger charge is 2.54. The van der Waals surface area contributed by atoms with E-state index < -0.39 is 41.8 Å². The van der Waals surface area contributed by atoms with Crippen molar-refractivity contribution in [2.45, 2.75) is 37.4 Å². The zero-order valence-corrected chi connectivity index (χ0v) is 22.5. The van der Waals surface area contributed by atoms with Gasteiger partial charge < -0.3 is 15.1 Å². The first-order valence-corrected chi connectivity index (χ1v) is 13.6. The third-order valence-electron chi connectivity index (χ3n) is 8.02. The quantitative estimate of drug-likeness (QED) is 0.333. The van der Waals surface area contributed by atoms with Crippen molar-refractivity contribution in [1.82, 2.24) is 31.0 Å². The number of benzene rings is 1. The fourth-order valence-electron chi connectivity index (χ4n) is 5.87. The van der Waals surface area contributed by atoms with Crippen molar-refractivity contribution >= 4 is 17.6 Å². The van der Waals surface area contributed by atoms with Crippen molar-refractivity contribution in [3.63, 3.8) is 0 Å². The second kappa shape index (κ2) is 12.1. The standard InChI is InChI=1S/C27H31F6N7O2/c28-26(29,30)18-5-6-22(35-13-18)38-9-11-39(12-10-38)23(41)7-8-34-14-20-19-4-2-1-3-17(19)16-40(20)21-15-36-37-25(42)24(21)27(31,32)33/h1-6,13,20-21,24,34,36H,7-12,14-16H2,(H,37,42)/t20-,21?,24?/m0/s1. The van der Waals surface area contributed by atoms with Gasteiger partial charge in [0.25, 0.3) is 0 Å². The first-order chi connectivity index (χ1) is 19.9. The highest BCUT2D eigenvalue weighted by Crippen LogP contribution is 2.41. The van der Waals surface area contributed by atoms with Crippen LogP contribution in [0.15, 0.2) is 42.6 Å². The molecule has 1 aromatic heterocycles. The second-order valence-electron chi connectivity index (χ2n) is 10.6. The number of amides is 2. The van der Waals surface area contributed by atoms with Gasteiger partial charge in [-0.05, 0) is 23.3 Å². The average Bonchev–Trinajstić information content (AvgIpc) is 3.32. The van der Waals surface area contributed by atoms with Crippen LogP contribution in [0.4, 0.5) is 32.2 Å². The lowest BCUT2D eigenvalue weighted by atomic mass is 9.94. The van der Waals surface area contributed by atoms with Crippen LogP contribution in [0.1, 0.15) is 29.2 Å². The molecule has 3 N–H and O–H groups in total. The maximum absolute atomic E-state index is 13.9. The lowest BCUT2D eigenvalue weighted by molar-refractivity contribution is -0.202. The summed E-state index contributed by atoms with van der Waals surface area (Å²) in [6, 6.07) is 8.17. The van der Waals surface area contributed by atoms with Crippen LogP contribution < -0.4 is 21.1 Å². The van der Waals surface area contributed by atoms with E-state index in [4.69, 9.17) is 0 Å². The molecule has 5 rings (SSSR count). The van der Waals surface area contributed by atoms with E-state index in [9.17, 15) is 35.9 Å². The normalized spacial score (nSPS) is 23.6. The molecule has 3 aliphatic rings. The minimum Gasteiger partial charge on any atom is -0.353 e. The molecule has 2 saturated heterocycles. The first kappa shape index (κ1) is 30.0. The number of nitrogens with one attached hydrogen (secondary N) is 3. The van der Waals surface area contributed by atoms with Gasteiger partial charge in [0.05, 0.1) is 5.56 Å². The maximum Gasteiger partial charge on any atom is 0.417 e. The number of fused-ring (bicyclic) bond motifs is 1. The number of nitrogens with zero attached hydrogens (tertiary/aromatic N) is 4. The number of halogens is 6. The molecule has 0 radical (unpaired) electrons. The summed E-state index contributed by atoms with van der Waals surface area (Å²) >= 11 is 0. The number of pyridine rings is 1. The minimum absolute atomic E-state index is 0.0626. The predicted molar refractivity (Wildman–Crippen MR) is 140 cm³/mol. The van der Waals surface area contributed by atoms with Gasteiger partial charge in [0.1, 0.15) is 5.82 Å². The molecule has 9 nitrogen and oxygen atoms in total. The van der Waals surface area contributed by atoms with Crippen molar-refractivity contribution in [3.05, 3.63) is 59.3 Å². The van der Waals surface area contributed by atoms with Crippen LogP contribution in [-0.2, 0) is 22.3 Å². The van der Waals surface area contributed by atoms with Crippen molar-refractivity contribution < 1.29 is 35.9 Å². The lowest BCUT2D eigenvalue weighted by Crippen LogP contribution is -2.64. The Labute approximate surface area is 238 Å². The Balaban J connectivity index is 1.14. The molecule has 0 bridgehead atoms. The molecule has 2 fully saturated rings. The highest BCUT2D eigenvalue weighted by molar-refractivity contribution is 5.80. The molecule has 15 heteroatoms. The number of carbonyl (C=O) groups excluding carboxylic acids is 2. The SMILES string of the molecule is O=C1NNCC(N2Cc3ccccc3[C@@H]2CNCCC(=O)N2CCN(c3ccc(C(F)(F)F)cn3)CC2)C1C(F)(F)F. The molecule has 228 valence electrons. The molecule has 0 aliphatic carbocycles. The average molecular weight is 600 g/mol. The van der Waals surface area contributed by atoms with Crippen molar-refractivity contribution in [2.24, 2.45) is 5.92 Å². The fraction of sp³-hybridized carbons (Fsp3) is 0.519. The molecular weight excluding hydrogens is 568 g/mol. The van der Waals surface area contributed by atoms with Crippen LogP contribution in [0.25, 0.3) is 0 Å². The van der Waals surface area contributed by atoms with Crippen LogP contribution in [0.2, 0.25) is 0 Å². The van der Waals surface area contributed by atoms with Gasteiger partial charge in [0, 0.05) is 77.1 Å². The van der Waals surface area contributed by atoms with E-state index in [1.165, 1.54) is 6.07 Å². The lowest BCUT2D eigenvalue weighted by Gasteiger charge is -2.41. The summed E-state index contributed by atoms with van der Waals surface area (Å²) in [7, 11) is 0. The van der Waals surface area contributed by atoms with E-state index in [2.05, 4.69) is 21.2 Å². The summed E-state index contributed by atoms with van der Waals surface area (Å²) < 4.78 is 80.0. The van der Waals surface area contributed by atoms with E-state index in [-0.39, 0.29) is 25.4 Å². The number of hydrogen-bond donors (Lipinski definition) is 3. The topological polar surface area (TPSA) is 92.8 Å². The van der Waals surface area contributed by atoms with Gasteiger partial charge in [0.15, 0.2) is 5.92 Å². The molecule has 0 spiro atoms. The molecular formula is C27H31F6N7O2. The maximum atomic E-state index is 13.9. The number of carbonyl (C=O) groups is 2. The molecule has 2 aromatic rings. The number of piperazine rings is 1. The molecule has 42 heavy (non-hydrogen) atoms. The van der Waals surface area contributed by atoms with Gasteiger partial charge >= 0.3 is 12.4 Å². The summed E-state index contributed by atoms with van der Waals surface area (Å²) in [5, 5.41) is 3.22. The van der Waals surface area contributed by atoms with Crippen LogP contribution in [-0.4, -0.2) is 84.6 Å². The molecule has 4 heterocycles. The Morgan fingerprint density at radius 2 is 1.76 bits per heavy atom. The summed E-state index contributed by atoms with van der Waals surface area (Å²) in [6.45, 7) is 2.43. The Bertz CT molecular complexity index is 1260. The summed E-state index contributed by atoms with van der Waals surface area (Å²) in [6.07, 6.45) is -8.20. The number of aromatic nitrogens is 1. The van der Waals surface area contributed by atoms with Gasteiger partial charge in [-0.1, -0.05) is 24.3 Å². The first-order valence-electron chi connectivity index (χ1n) is 13.6. The van der Waals surface area contributed by atoms with Crippen LogP contribution in [0.3, 0.4) is 0 Å². The van der Waals surface area contributed by atoms with Gasteiger partial charge in [-0.3, -0.25) is 19.9 Å². The third kappa shape index (κ3) is 6.47. The number of rotatable bonds is 7. The number of hydrazine groups is 1. The molecule has 1 aromatic carbocycles. The molecule has 2 amide bonds. The van der Waals surface area contributed by atoms with Crippen molar-refractivity contribution in [3.8, 4) is 0 Å². The monoisotopic (exact) mass is 599 g/mol. The number of anilines is 1. The fourth-order valence-corrected chi connectivity index (χ4v) is 5.87. The minimum atomic E-state index is -4.71. The molecule has 2 unspecified atom stereocenters. The van der Waals surface area contributed by atoms with Crippen LogP contribution >= 0.6 is 0 Å². The largest absolute Gasteiger partial charge is 0.417 e. The summed E-state index contributed by atoms with van der Waals surface area (Å²) in [5.74, 6) is -2.97. The van der Waals surface area contributed by atoms with Gasteiger partial charge in [-0.15, -0.1) is 0 Å². The number of hydrogen-bond acceptors (Lipinski definition) is 7. The smallest absolute Gasteiger partial charge is 0.353 e. The zero-order chi connectivity index (χ0) is 30.1. The summed E-state index contributed by atoms with van der Waals surface area (Å²) in [4.78, 5) is 34.2. The highest BCUT2D eigenvalue weighted by atomic mass is 19.4. The van der Waals surface area contributed by atoms with E-state index in [1.54, 1.807) is 9.80 Å². The third-order valence-corrected chi connectivity index (χ3v) is 8.02.